The Morgan fingerprint density at radius 3 is 2.71 bits per heavy atom. The van der Waals surface area contributed by atoms with Gasteiger partial charge in [-0.05, 0) is 28.1 Å². The number of nitrogen functional groups attached to an aromatic ring is 1. The van der Waals surface area contributed by atoms with Crippen molar-refractivity contribution in [3.63, 3.8) is 0 Å². The van der Waals surface area contributed by atoms with E-state index >= 15 is 0 Å². The Balaban J connectivity index is 2.84. The number of anilines is 1. The first-order valence-corrected chi connectivity index (χ1v) is 5.51. The molecule has 1 aromatic carbocycles. The van der Waals surface area contributed by atoms with Gasteiger partial charge in [-0.1, -0.05) is 0 Å². The lowest BCUT2D eigenvalue weighted by molar-refractivity contribution is 0.153. The van der Waals surface area contributed by atoms with Gasteiger partial charge in [0.1, 0.15) is 0 Å². The summed E-state index contributed by atoms with van der Waals surface area (Å²) in [5.41, 5.74) is 6.08. The van der Waals surface area contributed by atoms with Crippen LogP contribution in [0.4, 0.5) is 14.5 Å². The SMILES string of the molecule is Nc1ccc(Br)c2scc(C(F)F)c12. The topological polar surface area (TPSA) is 26.0 Å². The highest BCUT2D eigenvalue weighted by atomic mass is 79.9. The number of halogens is 3. The van der Waals surface area contributed by atoms with E-state index in [1.807, 2.05) is 0 Å². The zero-order valence-corrected chi connectivity index (χ0v) is 9.33. The van der Waals surface area contributed by atoms with Crippen molar-refractivity contribution >= 4 is 43.0 Å². The van der Waals surface area contributed by atoms with Crippen LogP contribution in [0.25, 0.3) is 10.1 Å². The van der Waals surface area contributed by atoms with E-state index in [1.54, 1.807) is 12.1 Å². The van der Waals surface area contributed by atoms with Crippen molar-refractivity contribution in [2.75, 3.05) is 5.73 Å². The second-order valence-corrected chi connectivity index (χ2v) is 4.57. The highest BCUT2D eigenvalue weighted by Gasteiger charge is 2.16. The largest absolute Gasteiger partial charge is 0.398 e. The van der Waals surface area contributed by atoms with Crippen molar-refractivity contribution in [1.29, 1.82) is 0 Å². The smallest absolute Gasteiger partial charge is 0.265 e. The molecule has 14 heavy (non-hydrogen) atoms. The van der Waals surface area contributed by atoms with Crippen LogP contribution >= 0.6 is 27.3 Å². The van der Waals surface area contributed by atoms with E-state index in [9.17, 15) is 8.78 Å². The Labute approximate surface area is 91.7 Å². The van der Waals surface area contributed by atoms with Gasteiger partial charge in [-0.3, -0.25) is 0 Å². The van der Waals surface area contributed by atoms with Crippen molar-refractivity contribution < 1.29 is 8.78 Å². The van der Waals surface area contributed by atoms with Crippen LogP contribution in [-0.2, 0) is 0 Å². The Hall–Kier alpha value is -0.680. The molecule has 1 aromatic heterocycles. The minimum absolute atomic E-state index is 0.0174. The molecule has 2 aromatic rings. The quantitative estimate of drug-likeness (QED) is 0.778. The molecule has 0 aliphatic carbocycles. The first-order valence-electron chi connectivity index (χ1n) is 3.84. The highest BCUT2D eigenvalue weighted by molar-refractivity contribution is 9.10. The van der Waals surface area contributed by atoms with Crippen LogP contribution in [0.1, 0.15) is 12.0 Å². The lowest BCUT2D eigenvalue weighted by Crippen LogP contribution is -1.89. The zero-order valence-electron chi connectivity index (χ0n) is 6.93. The Morgan fingerprint density at radius 2 is 2.07 bits per heavy atom. The van der Waals surface area contributed by atoms with Crippen molar-refractivity contribution in [3.8, 4) is 0 Å². The second kappa shape index (κ2) is 3.47. The molecule has 0 atom stereocenters. The maximum absolute atomic E-state index is 12.6. The normalized spacial score (nSPS) is 11.4. The maximum Gasteiger partial charge on any atom is 0.265 e. The van der Waals surface area contributed by atoms with Crippen LogP contribution in [-0.4, -0.2) is 0 Å². The van der Waals surface area contributed by atoms with Gasteiger partial charge in [0.25, 0.3) is 6.43 Å². The molecule has 0 saturated carbocycles. The van der Waals surface area contributed by atoms with Crippen LogP contribution in [0.2, 0.25) is 0 Å². The molecule has 74 valence electrons. The van der Waals surface area contributed by atoms with E-state index in [4.69, 9.17) is 5.73 Å². The number of hydrogen-bond acceptors (Lipinski definition) is 2. The van der Waals surface area contributed by atoms with Gasteiger partial charge < -0.3 is 5.73 Å². The van der Waals surface area contributed by atoms with E-state index in [0.29, 0.717) is 11.1 Å². The number of benzene rings is 1. The molecule has 0 amide bonds. The predicted octanol–water partition coefficient (Wildman–Crippen LogP) is 4.18. The van der Waals surface area contributed by atoms with Gasteiger partial charge in [-0.2, -0.15) is 0 Å². The molecule has 0 aliphatic heterocycles. The summed E-state index contributed by atoms with van der Waals surface area (Å²) >= 11 is 4.58. The summed E-state index contributed by atoms with van der Waals surface area (Å²) in [6, 6.07) is 3.40. The van der Waals surface area contributed by atoms with Crippen molar-refractivity contribution in [2.45, 2.75) is 6.43 Å². The van der Waals surface area contributed by atoms with Crippen LogP contribution in [0.15, 0.2) is 22.0 Å². The van der Waals surface area contributed by atoms with Gasteiger partial charge in [-0.25, -0.2) is 8.78 Å². The summed E-state index contributed by atoms with van der Waals surface area (Å²) in [5, 5.41) is 1.93. The molecular formula is C9H6BrF2NS. The Morgan fingerprint density at radius 1 is 1.36 bits per heavy atom. The second-order valence-electron chi connectivity index (χ2n) is 2.83. The molecule has 0 bridgehead atoms. The van der Waals surface area contributed by atoms with Crippen molar-refractivity contribution in [3.05, 3.63) is 27.5 Å². The molecule has 0 saturated heterocycles. The van der Waals surface area contributed by atoms with Gasteiger partial charge in [0, 0.05) is 26.5 Å². The summed E-state index contributed by atoms with van der Waals surface area (Å²) in [4.78, 5) is 0. The van der Waals surface area contributed by atoms with Gasteiger partial charge in [0.2, 0.25) is 0 Å². The molecule has 0 aliphatic rings. The monoisotopic (exact) mass is 277 g/mol. The fraction of sp³-hybridized carbons (Fsp3) is 0.111. The number of nitrogens with two attached hydrogens (primary N) is 1. The standard InChI is InChI=1S/C9H6BrF2NS/c10-5-1-2-6(13)7-4(9(11)12)3-14-8(5)7/h1-3,9H,13H2. The fourth-order valence-corrected chi connectivity index (χ4v) is 2.94. The Kier molecular flexibility index (Phi) is 2.45. The maximum atomic E-state index is 12.6. The van der Waals surface area contributed by atoms with Crippen LogP contribution < -0.4 is 5.73 Å². The summed E-state index contributed by atoms with van der Waals surface area (Å²) in [6.07, 6.45) is -2.47. The third kappa shape index (κ3) is 1.40. The molecule has 0 radical (unpaired) electrons. The first-order chi connectivity index (χ1) is 6.61. The molecular weight excluding hydrogens is 272 g/mol. The molecule has 0 unspecified atom stereocenters. The van der Waals surface area contributed by atoms with Gasteiger partial charge >= 0.3 is 0 Å². The molecule has 0 fully saturated rings. The molecule has 5 heteroatoms. The van der Waals surface area contributed by atoms with E-state index < -0.39 is 6.43 Å². The summed E-state index contributed by atoms with van der Waals surface area (Å²) in [7, 11) is 0. The van der Waals surface area contributed by atoms with Crippen molar-refractivity contribution in [1.82, 2.24) is 0 Å². The number of alkyl halides is 2. The van der Waals surface area contributed by atoms with Gasteiger partial charge in [-0.15, -0.1) is 11.3 Å². The average Bonchev–Trinajstić information content (AvgIpc) is 2.56. The first kappa shape index (κ1) is 9.86. The zero-order chi connectivity index (χ0) is 10.3. The average molecular weight is 278 g/mol. The number of fused-ring (bicyclic) bond motifs is 1. The fourth-order valence-electron chi connectivity index (χ4n) is 1.33. The molecule has 0 spiro atoms. The number of hydrogen-bond donors (Lipinski definition) is 1. The lowest BCUT2D eigenvalue weighted by atomic mass is 10.1. The number of rotatable bonds is 1. The summed E-state index contributed by atoms with van der Waals surface area (Å²) < 4.78 is 26.7. The molecule has 1 nitrogen and oxygen atoms in total. The van der Waals surface area contributed by atoms with E-state index in [2.05, 4.69) is 15.9 Å². The van der Waals surface area contributed by atoms with Crippen LogP contribution in [0.3, 0.4) is 0 Å². The molecule has 1 heterocycles. The van der Waals surface area contributed by atoms with Crippen LogP contribution in [0, 0.1) is 0 Å². The molecule has 2 rings (SSSR count). The lowest BCUT2D eigenvalue weighted by Gasteiger charge is -2.01. The van der Waals surface area contributed by atoms with Gasteiger partial charge in [0.15, 0.2) is 0 Å². The van der Waals surface area contributed by atoms with E-state index in [-0.39, 0.29) is 5.56 Å². The summed E-state index contributed by atoms with van der Waals surface area (Å²) in [5.74, 6) is 0. The van der Waals surface area contributed by atoms with Crippen LogP contribution in [0.5, 0.6) is 0 Å². The van der Waals surface area contributed by atoms with Gasteiger partial charge in [0.05, 0.1) is 4.70 Å². The van der Waals surface area contributed by atoms with E-state index in [0.717, 1.165) is 9.17 Å². The number of thiophene rings is 1. The Bertz CT molecular complexity index is 481. The van der Waals surface area contributed by atoms with E-state index in [1.165, 1.54) is 16.7 Å². The summed E-state index contributed by atoms with van der Waals surface area (Å²) in [6.45, 7) is 0. The third-order valence-corrected chi connectivity index (χ3v) is 3.92. The van der Waals surface area contributed by atoms with Crippen molar-refractivity contribution in [2.24, 2.45) is 0 Å². The minimum Gasteiger partial charge on any atom is -0.398 e. The highest BCUT2D eigenvalue weighted by Crippen LogP contribution is 2.39. The minimum atomic E-state index is -2.47. The third-order valence-electron chi connectivity index (χ3n) is 1.97. The molecule has 2 N–H and O–H groups in total. The predicted molar refractivity (Wildman–Crippen MR) is 58.9 cm³/mol.